The number of nitrogens with zero attached hydrogens (tertiary/aromatic N) is 3. The van der Waals surface area contributed by atoms with Crippen LogP contribution in [0.1, 0.15) is 49.8 Å². The summed E-state index contributed by atoms with van der Waals surface area (Å²) in [5, 5.41) is 0.842. The van der Waals surface area contributed by atoms with Crippen LogP contribution in [0.25, 0.3) is 10.9 Å². The molecule has 1 saturated heterocycles. The first-order chi connectivity index (χ1) is 15.9. The third-order valence-corrected chi connectivity index (χ3v) is 9.01. The van der Waals surface area contributed by atoms with Crippen LogP contribution in [0.5, 0.6) is 0 Å². The lowest BCUT2D eigenvalue weighted by atomic mass is 9.99. The summed E-state index contributed by atoms with van der Waals surface area (Å²) < 4.78 is 30.0. The van der Waals surface area contributed by atoms with Crippen LogP contribution in [-0.2, 0) is 27.8 Å². The smallest absolute Gasteiger partial charge is 0.245 e. The van der Waals surface area contributed by atoms with E-state index >= 15 is 0 Å². The highest BCUT2D eigenvalue weighted by atomic mass is 32.2. The summed E-state index contributed by atoms with van der Waals surface area (Å²) in [5.41, 5.74) is 3.41. The topological polar surface area (TPSA) is 62.6 Å². The second kappa shape index (κ2) is 8.95. The fraction of sp³-hybridized carbons (Fsp3) is 0.423. The Balaban J connectivity index is 1.38. The van der Waals surface area contributed by atoms with Gasteiger partial charge < -0.3 is 9.47 Å². The molecule has 1 amide bonds. The van der Waals surface area contributed by atoms with Crippen molar-refractivity contribution in [1.29, 1.82) is 0 Å². The van der Waals surface area contributed by atoms with E-state index in [1.165, 1.54) is 11.1 Å². The summed E-state index contributed by atoms with van der Waals surface area (Å²) in [5.74, 6) is 0.0864. The summed E-state index contributed by atoms with van der Waals surface area (Å²) in [7, 11) is -3.50. The van der Waals surface area contributed by atoms with E-state index < -0.39 is 10.0 Å². The monoisotopic (exact) mass is 465 g/mol. The number of aromatic nitrogens is 1. The predicted octanol–water partition coefficient (Wildman–Crippen LogP) is 4.35. The maximum atomic E-state index is 13.3. The molecule has 6 nitrogen and oxygen atoms in total. The van der Waals surface area contributed by atoms with E-state index in [0.29, 0.717) is 24.5 Å². The molecule has 1 aromatic heterocycles. The molecule has 0 N–H and O–H groups in total. The Morgan fingerprint density at radius 2 is 1.64 bits per heavy atom. The van der Waals surface area contributed by atoms with Crippen LogP contribution in [0.4, 0.5) is 0 Å². The number of fused-ring (bicyclic) bond motifs is 2. The molecule has 0 bridgehead atoms. The van der Waals surface area contributed by atoms with Crippen molar-refractivity contribution < 1.29 is 13.2 Å². The Morgan fingerprint density at radius 1 is 0.909 bits per heavy atom. The van der Waals surface area contributed by atoms with Crippen molar-refractivity contribution in [1.82, 2.24) is 13.8 Å². The number of rotatable bonds is 4. The lowest BCUT2D eigenvalue weighted by Crippen LogP contribution is -2.39. The minimum Gasteiger partial charge on any atom is -0.336 e. The molecule has 3 heterocycles. The molecule has 3 aromatic rings. The number of carbonyl (C=O) groups excluding carboxylic acids is 1. The van der Waals surface area contributed by atoms with E-state index in [4.69, 9.17) is 0 Å². The fourth-order valence-electron chi connectivity index (χ4n) is 5.14. The molecule has 0 saturated carbocycles. The van der Waals surface area contributed by atoms with Crippen molar-refractivity contribution >= 4 is 26.8 Å². The molecule has 0 aliphatic carbocycles. The number of hydrogen-bond acceptors (Lipinski definition) is 3. The molecule has 174 valence electrons. The highest BCUT2D eigenvalue weighted by molar-refractivity contribution is 7.89. The van der Waals surface area contributed by atoms with Crippen LogP contribution < -0.4 is 0 Å². The van der Waals surface area contributed by atoms with Crippen LogP contribution in [0.15, 0.2) is 59.6 Å². The van der Waals surface area contributed by atoms with E-state index in [-0.39, 0.29) is 11.9 Å². The first kappa shape index (κ1) is 22.2. The summed E-state index contributed by atoms with van der Waals surface area (Å²) in [6.45, 7) is 4.45. The first-order valence-electron chi connectivity index (χ1n) is 11.9. The van der Waals surface area contributed by atoms with Crippen molar-refractivity contribution in [3.63, 3.8) is 0 Å². The number of hydrogen-bond donors (Lipinski definition) is 0. The molecule has 1 atom stereocenters. The van der Waals surface area contributed by atoms with Gasteiger partial charge in [-0.05, 0) is 61.6 Å². The van der Waals surface area contributed by atoms with Crippen LogP contribution in [0.3, 0.4) is 0 Å². The zero-order chi connectivity index (χ0) is 23.0. The fourth-order valence-corrected chi connectivity index (χ4v) is 6.69. The zero-order valence-electron chi connectivity index (χ0n) is 19.1. The van der Waals surface area contributed by atoms with Gasteiger partial charge in [-0.15, -0.1) is 0 Å². The summed E-state index contributed by atoms with van der Waals surface area (Å²) in [6, 6.07) is 15.1. The van der Waals surface area contributed by atoms with Gasteiger partial charge in [-0.2, -0.15) is 4.31 Å². The van der Waals surface area contributed by atoms with Crippen LogP contribution in [0, 0.1) is 0 Å². The van der Waals surface area contributed by atoms with Crippen LogP contribution in [-0.4, -0.2) is 47.7 Å². The van der Waals surface area contributed by atoms with E-state index in [2.05, 4.69) is 12.1 Å². The Labute approximate surface area is 195 Å². The molecule has 1 unspecified atom stereocenters. The lowest BCUT2D eigenvalue weighted by molar-refractivity contribution is -0.135. The lowest BCUT2D eigenvalue weighted by Gasteiger charge is -2.31. The van der Waals surface area contributed by atoms with Gasteiger partial charge in [0.2, 0.25) is 15.9 Å². The molecular formula is C26H31N3O3S. The van der Waals surface area contributed by atoms with Crippen molar-refractivity contribution in [3.05, 3.63) is 65.9 Å². The van der Waals surface area contributed by atoms with Gasteiger partial charge in [0.15, 0.2) is 0 Å². The standard InChI is InChI=1S/C26H31N3O3S/c1-20(26(30)27-16-12-21-8-4-5-9-23(21)19-27)29-17-13-22-18-24(10-11-25(22)29)33(31,32)28-14-6-2-3-7-15-28/h4-5,8-11,13,17-18,20H,2-3,6-7,12,14-16,19H2,1H3. The van der Waals surface area contributed by atoms with E-state index in [1.807, 2.05) is 46.9 Å². The Kier molecular flexibility index (Phi) is 6.01. The van der Waals surface area contributed by atoms with Crippen molar-refractivity contribution in [2.45, 2.75) is 56.5 Å². The van der Waals surface area contributed by atoms with Crippen molar-refractivity contribution in [2.24, 2.45) is 0 Å². The minimum absolute atomic E-state index is 0.0864. The summed E-state index contributed by atoms with van der Waals surface area (Å²) in [6.07, 6.45) is 6.77. The third-order valence-electron chi connectivity index (χ3n) is 7.11. The molecule has 2 aliphatic rings. The minimum atomic E-state index is -3.50. The highest BCUT2D eigenvalue weighted by Crippen LogP contribution is 2.28. The zero-order valence-corrected chi connectivity index (χ0v) is 19.9. The number of benzene rings is 2. The van der Waals surface area contributed by atoms with Crippen LogP contribution in [0.2, 0.25) is 0 Å². The molecule has 7 heteroatoms. The molecule has 0 radical (unpaired) electrons. The quantitative estimate of drug-likeness (QED) is 0.575. The van der Waals surface area contributed by atoms with Crippen molar-refractivity contribution in [2.75, 3.05) is 19.6 Å². The van der Waals surface area contributed by atoms with Gasteiger partial charge in [-0.25, -0.2) is 8.42 Å². The van der Waals surface area contributed by atoms with Crippen LogP contribution >= 0.6 is 0 Å². The second-order valence-corrected chi connectivity index (χ2v) is 11.2. The SMILES string of the molecule is CC(C(=O)N1CCc2ccccc2C1)n1ccc2cc(S(=O)(=O)N3CCCCCC3)ccc21. The highest BCUT2D eigenvalue weighted by Gasteiger charge is 2.28. The summed E-state index contributed by atoms with van der Waals surface area (Å²) >= 11 is 0. The largest absolute Gasteiger partial charge is 0.336 e. The van der Waals surface area contributed by atoms with Gasteiger partial charge in [0, 0.05) is 43.3 Å². The molecule has 1 fully saturated rings. The maximum absolute atomic E-state index is 13.3. The average Bonchev–Trinajstić information content (AvgIpc) is 3.06. The third kappa shape index (κ3) is 4.20. The molecular weight excluding hydrogens is 434 g/mol. The Bertz CT molecular complexity index is 1270. The van der Waals surface area contributed by atoms with Gasteiger partial charge in [0.25, 0.3) is 0 Å². The van der Waals surface area contributed by atoms with E-state index in [1.54, 1.807) is 16.4 Å². The molecule has 2 aliphatic heterocycles. The van der Waals surface area contributed by atoms with Gasteiger partial charge in [0.05, 0.1) is 4.90 Å². The van der Waals surface area contributed by atoms with Gasteiger partial charge in [0.1, 0.15) is 6.04 Å². The first-order valence-corrected chi connectivity index (χ1v) is 13.4. The molecule has 5 rings (SSSR count). The molecule has 0 spiro atoms. The Hall–Kier alpha value is -2.64. The number of sulfonamides is 1. The molecule has 33 heavy (non-hydrogen) atoms. The van der Waals surface area contributed by atoms with E-state index in [9.17, 15) is 13.2 Å². The van der Waals surface area contributed by atoms with E-state index in [0.717, 1.165) is 49.6 Å². The maximum Gasteiger partial charge on any atom is 0.245 e. The van der Waals surface area contributed by atoms with Crippen molar-refractivity contribution in [3.8, 4) is 0 Å². The van der Waals surface area contributed by atoms with Gasteiger partial charge in [-0.1, -0.05) is 37.1 Å². The number of carbonyl (C=O) groups is 1. The number of amides is 1. The van der Waals surface area contributed by atoms with Gasteiger partial charge >= 0.3 is 0 Å². The average molecular weight is 466 g/mol. The van der Waals surface area contributed by atoms with Gasteiger partial charge in [-0.3, -0.25) is 4.79 Å². The summed E-state index contributed by atoms with van der Waals surface area (Å²) in [4.78, 5) is 15.6. The normalized spacial score (nSPS) is 18.6. The Morgan fingerprint density at radius 3 is 2.39 bits per heavy atom. The second-order valence-electron chi connectivity index (χ2n) is 9.22. The molecule has 2 aromatic carbocycles. The predicted molar refractivity (Wildman–Crippen MR) is 129 cm³/mol.